The molecule has 0 bridgehead atoms. The van der Waals surface area contributed by atoms with Crippen LogP contribution < -0.4 is 4.74 Å². The molecular weight excluding hydrogens is 602 g/mol. The van der Waals surface area contributed by atoms with Gasteiger partial charge in [-0.2, -0.15) is 0 Å². The van der Waals surface area contributed by atoms with Crippen molar-refractivity contribution in [2.24, 2.45) is 4.99 Å². The van der Waals surface area contributed by atoms with Gasteiger partial charge < -0.3 is 9.64 Å². The number of aryl methyl sites for hydroxylation is 1. The van der Waals surface area contributed by atoms with Crippen LogP contribution in [-0.4, -0.2) is 42.7 Å². The van der Waals surface area contributed by atoms with Gasteiger partial charge in [-0.1, -0.05) is 60.2 Å². The lowest BCUT2D eigenvalue weighted by Gasteiger charge is -2.29. The van der Waals surface area contributed by atoms with E-state index in [4.69, 9.17) is 33.5 Å². The number of hydrogen-bond acceptors (Lipinski definition) is 7. The molecule has 0 radical (unpaired) electrons. The fraction of sp³-hybridized carbons (Fsp3) is 0.188. The molecule has 0 spiro atoms. The van der Waals surface area contributed by atoms with Crippen molar-refractivity contribution < 1.29 is 4.74 Å². The zero-order valence-electron chi connectivity index (χ0n) is 22.8. The molecule has 42 heavy (non-hydrogen) atoms. The molecule has 0 amide bonds. The Morgan fingerprint density at radius 2 is 1.76 bits per heavy atom. The molecule has 0 saturated heterocycles. The molecule has 0 unspecified atom stereocenters. The molecule has 210 valence electrons. The van der Waals surface area contributed by atoms with E-state index in [0.29, 0.717) is 11.6 Å². The minimum absolute atomic E-state index is 0.463. The van der Waals surface area contributed by atoms with E-state index >= 15 is 0 Å². The van der Waals surface area contributed by atoms with Gasteiger partial charge in [-0.3, -0.25) is 9.56 Å². The van der Waals surface area contributed by atoms with Gasteiger partial charge in [0.2, 0.25) is 0 Å². The highest BCUT2D eigenvalue weighted by molar-refractivity contribution is 8.01. The molecule has 0 saturated carbocycles. The second-order valence-corrected chi connectivity index (χ2v) is 13.1. The summed E-state index contributed by atoms with van der Waals surface area (Å²) in [4.78, 5) is 10.8. The summed E-state index contributed by atoms with van der Waals surface area (Å²) in [6.07, 6.45) is 0.886. The Morgan fingerprint density at radius 3 is 2.57 bits per heavy atom. The van der Waals surface area contributed by atoms with Gasteiger partial charge in [0, 0.05) is 38.2 Å². The van der Waals surface area contributed by atoms with Crippen LogP contribution in [-0.2, 0) is 19.5 Å². The number of fused-ring (bicyclic) bond motifs is 5. The molecule has 2 aliphatic rings. The fourth-order valence-corrected chi connectivity index (χ4v) is 8.13. The van der Waals surface area contributed by atoms with Gasteiger partial charge in [0.15, 0.2) is 5.82 Å². The van der Waals surface area contributed by atoms with E-state index < -0.39 is 0 Å². The van der Waals surface area contributed by atoms with Crippen molar-refractivity contribution in [1.82, 2.24) is 19.7 Å². The van der Waals surface area contributed by atoms with E-state index in [9.17, 15) is 0 Å². The van der Waals surface area contributed by atoms with E-state index in [-0.39, 0.29) is 0 Å². The monoisotopic (exact) mass is 627 g/mol. The number of benzene rings is 3. The molecule has 2 aliphatic heterocycles. The number of para-hydroxylation sites is 1. The minimum atomic E-state index is 0.463. The Morgan fingerprint density at radius 1 is 1.00 bits per heavy atom. The van der Waals surface area contributed by atoms with Crippen LogP contribution >= 0.6 is 46.9 Å². The first kappa shape index (κ1) is 27.3. The van der Waals surface area contributed by atoms with Crippen LogP contribution in [0.15, 0.2) is 88.8 Å². The molecule has 5 aromatic rings. The van der Waals surface area contributed by atoms with Crippen molar-refractivity contribution in [2.75, 3.05) is 12.3 Å². The molecular formula is C32H26ClN5OS3. The number of rotatable bonds is 6. The summed E-state index contributed by atoms with van der Waals surface area (Å²) in [5, 5.41) is 10.6. The Bertz CT molecular complexity index is 1810. The molecule has 0 atom stereocenters. The first-order valence-electron chi connectivity index (χ1n) is 13.6. The summed E-state index contributed by atoms with van der Waals surface area (Å²) in [5.41, 5.74) is 4.37. The quantitative estimate of drug-likeness (QED) is 0.141. The van der Waals surface area contributed by atoms with Crippen molar-refractivity contribution in [3.05, 3.63) is 117 Å². The topological polar surface area (TPSA) is 55.5 Å². The zero-order chi connectivity index (χ0) is 28.6. The van der Waals surface area contributed by atoms with Gasteiger partial charge in [-0.15, -0.1) is 33.3 Å². The predicted molar refractivity (Wildman–Crippen MR) is 175 cm³/mol. The Balaban J connectivity index is 1.10. The summed E-state index contributed by atoms with van der Waals surface area (Å²) in [6, 6.07) is 25.9. The van der Waals surface area contributed by atoms with Crippen LogP contribution in [0.1, 0.15) is 33.2 Å². The summed E-state index contributed by atoms with van der Waals surface area (Å²) in [7, 11) is 0. The second-order valence-electron chi connectivity index (χ2n) is 10.1. The number of aromatic nitrogens is 3. The standard InChI is InChI=1S/C32H26ClN5OS3/c1-20-35-36-28-17-34-31(24-9-5-6-10-26(24)33)30-25-15-16-37(18-27(25)42-32(30)38(20)28)29(40)19-41-23-13-11-22(12-14-23)39-21-7-3-2-4-8-21/h2-14H,15-19H2,1H3. The van der Waals surface area contributed by atoms with E-state index in [0.717, 1.165) is 80.1 Å². The third-order valence-corrected chi connectivity index (χ3v) is 10.5. The molecule has 0 fully saturated rings. The fourth-order valence-electron chi connectivity index (χ4n) is 5.34. The first-order valence-corrected chi connectivity index (χ1v) is 16.2. The molecule has 6 nitrogen and oxygen atoms in total. The molecule has 7 rings (SSSR count). The van der Waals surface area contributed by atoms with Crippen molar-refractivity contribution >= 4 is 57.6 Å². The van der Waals surface area contributed by atoms with Gasteiger partial charge in [0.05, 0.1) is 17.2 Å². The number of thiophene rings is 1. The number of hydrogen-bond donors (Lipinski definition) is 0. The number of thioether (sulfide) groups is 1. The summed E-state index contributed by atoms with van der Waals surface area (Å²) in [5.74, 6) is 4.11. The highest BCUT2D eigenvalue weighted by Crippen LogP contribution is 2.41. The van der Waals surface area contributed by atoms with E-state index in [1.165, 1.54) is 10.4 Å². The lowest BCUT2D eigenvalue weighted by molar-refractivity contribution is 0.404. The zero-order valence-corrected chi connectivity index (χ0v) is 26.0. The van der Waals surface area contributed by atoms with Gasteiger partial charge >= 0.3 is 0 Å². The van der Waals surface area contributed by atoms with Gasteiger partial charge in [0.25, 0.3) is 0 Å². The SMILES string of the molecule is Cc1nnc2n1-c1sc3c(c1C(c1ccccc1Cl)=NC2)CCN(C(=S)CSc1ccc(Oc2ccccc2)cc1)C3. The first-order chi connectivity index (χ1) is 20.5. The maximum absolute atomic E-state index is 6.69. The Kier molecular flexibility index (Phi) is 7.58. The highest BCUT2D eigenvalue weighted by atomic mass is 35.5. The summed E-state index contributed by atoms with van der Waals surface area (Å²) in [6.45, 7) is 4.11. The van der Waals surface area contributed by atoms with Crippen LogP contribution in [0, 0.1) is 6.92 Å². The van der Waals surface area contributed by atoms with Crippen LogP contribution in [0.2, 0.25) is 5.02 Å². The smallest absolute Gasteiger partial charge is 0.160 e. The van der Waals surface area contributed by atoms with Crippen LogP contribution in [0.3, 0.4) is 0 Å². The lowest BCUT2D eigenvalue weighted by atomic mass is 9.95. The van der Waals surface area contributed by atoms with E-state index in [2.05, 4.69) is 37.9 Å². The Labute approximate surface area is 263 Å². The van der Waals surface area contributed by atoms with Crippen molar-refractivity contribution in [3.8, 4) is 16.5 Å². The third kappa shape index (κ3) is 5.26. The number of aliphatic imine (C=N–C) groups is 1. The average molecular weight is 628 g/mol. The third-order valence-electron chi connectivity index (χ3n) is 7.40. The maximum Gasteiger partial charge on any atom is 0.160 e. The number of nitrogens with zero attached hydrogens (tertiary/aromatic N) is 5. The minimum Gasteiger partial charge on any atom is -0.457 e. The van der Waals surface area contributed by atoms with Gasteiger partial charge in [0.1, 0.15) is 28.9 Å². The summed E-state index contributed by atoms with van der Waals surface area (Å²) < 4.78 is 8.09. The van der Waals surface area contributed by atoms with Crippen molar-refractivity contribution in [2.45, 2.75) is 31.3 Å². The Hall–Kier alpha value is -3.50. The van der Waals surface area contributed by atoms with Gasteiger partial charge in [-0.25, -0.2) is 0 Å². The van der Waals surface area contributed by atoms with Crippen LogP contribution in [0.25, 0.3) is 5.00 Å². The molecule has 0 aliphatic carbocycles. The highest BCUT2D eigenvalue weighted by Gasteiger charge is 2.32. The molecule has 10 heteroatoms. The van der Waals surface area contributed by atoms with Crippen LogP contribution in [0.5, 0.6) is 11.5 Å². The average Bonchev–Trinajstić information content (AvgIpc) is 3.52. The predicted octanol–water partition coefficient (Wildman–Crippen LogP) is 7.91. The number of thiocarbonyl (C=S) groups is 1. The van der Waals surface area contributed by atoms with Gasteiger partial charge in [-0.05, 0) is 61.4 Å². The lowest BCUT2D eigenvalue weighted by Crippen LogP contribution is -2.35. The maximum atomic E-state index is 6.69. The molecule has 3 aromatic carbocycles. The van der Waals surface area contributed by atoms with Crippen molar-refractivity contribution in [3.63, 3.8) is 0 Å². The molecule has 0 N–H and O–H groups in total. The van der Waals surface area contributed by atoms with Crippen LogP contribution in [0.4, 0.5) is 0 Å². The largest absolute Gasteiger partial charge is 0.457 e. The summed E-state index contributed by atoms with van der Waals surface area (Å²) >= 11 is 16.2. The number of ether oxygens (including phenoxy) is 1. The number of halogens is 1. The normalized spacial score (nSPS) is 14.0. The van der Waals surface area contributed by atoms with Crippen molar-refractivity contribution in [1.29, 1.82) is 0 Å². The van der Waals surface area contributed by atoms with E-state index in [1.807, 2.05) is 67.6 Å². The second kappa shape index (κ2) is 11.6. The van der Waals surface area contributed by atoms with E-state index in [1.54, 1.807) is 23.1 Å². The molecule has 4 heterocycles. The molecule has 2 aromatic heterocycles.